The first kappa shape index (κ1) is 35.2. The van der Waals surface area contributed by atoms with Crippen molar-refractivity contribution >= 4 is 7.92 Å². The molecule has 0 amide bonds. The lowest BCUT2D eigenvalue weighted by molar-refractivity contribution is -0.402. The number of rotatable bonds is 21. The van der Waals surface area contributed by atoms with Gasteiger partial charge in [0.05, 0.1) is 5.09 Å². The second kappa shape index (κ2) is 29.6. The van der Waals surface area contributed by atoms with Gasteiger partial charge in [-0.2, -0.15) is 0 Å². The standard InChI is InChI=1S/C25H53P.NO3.H3N/c1-5-8-11-14-17-20-23-26(24-21-18-15-12-9-6-2)25(4)22-19-16-13-10-7-3;2-1(3)4;/h25H,5-24H2,1-4H3;;1H3/q;-1;/p+1. The molecule has 0 rings (SSSR count). The van der Waals surface area contributed by atoms with Crippen molar-refractivity contribution in [2.45, 2.75) is 149 Å². The molecule has 4 N–H and O–H groups in total. The van der Waals surface area contributed by atoms with E-state index in [0.29, 0.717) is 7.92 Å². The Morgan fingerprint density at radius 1 is 0.613 bits per heavy atom. The van der Waals surface area contributed by atoms with E-state index in [-0.39, 0.29) is 6.15 Å². The maximum Gasteiger partial charge on any atom is 0.0689 e. The van der Waals surface area contributed by atoms with Gasteiger partial charge in [-0.1, -0.05) is 124 Å². The minimum atomic E-state index is -1.75. The van der Waals surface area contributed by atoms with Crippen molar-refractivity contribution < 1.29 is 5.09 Å². The van der Waals surface area contributed by atoms with Crippen LogP contribution in [0.15, 0.2) is 0 Å². The third kappa shape index (κ3) is 31.9. The molecule has 0 aromatic rings. The minimum Gasteiger partial charge on any atom is -0.369 e. The molecule has 31 heavy (non-hydrogen) atoms. The number of unbranched alkanes of at least 4 members (excludes halogenated alkanes) is 14. The molecule has 0 saturated heterocycles. The molecule has 0 spiro atoms. The highest BCUT2D eigenvalue weighted by molar-refractivity contribution is 7.58. The summed E-state index contributed by atoms with van der Waals surface area (Å²) in [6, 6.07) is 0. The Bertz CT molecular complexity index is 327. The van der Waals surface area contributed by atoms with E-state index >= 15 is 0 Å². The lowest BCUT2D eigenvalue weighted by Crippen LogP contribution is -2.06. The van der Waals surface area contributed by atoms with Gasteiger partial charge in [0, 0.05) is 0 Å². The summed E-state index contributed by atoms with van der Waals surface area (Å²) < 4.78 is 0. The zero-order chi connectivity index (χ0) is 22.9. The lowest BCUT2D eigenvalue weighted by atomic mass is 10.1. The van der Waals surface area contributed by atoms with Crippen LogP contribution >= 0.6 is 7.92 Å². The second-order valence-corrected chi connectivity index (χ2v) is 11.8. The molecule has 0 aliphatic rings. The summed E-state index contributed by atoms with van der Waals surface area (Å²) in [7, 11) is 0.305. The van der Waals surface area contributed by atoms with Gasteiger partial charge in [-0.15, -0.1) is 7.92 Å². The van der Waals surface area contributed by atoms with Crippen molar-refractivity contribution in [3.05, 3.63) is 15.3 Å². The number of quaternary nitrogens is 1. The Kier molecular flexibility index (Phi) is 33.6. The maximum atomic E-state index is 8.25. The van der Waals surface area contributed by atoms with Crippen molar-refractivity contribution in [3.63, 3.8) is 0 Å². The fourth-order valence-corrected chi connectivity index (χ4v) is 6.88. The van der Waals surface area contributed by atoms with Crippen molar-refractivity contribution in [2.75, 3.05) is 12.3 Å². The fraction of sp³-hybridized carbons (Fsp3) is 1.00. The molecule has 0 radical (unpaired) electrons. The first-order chi connectivity index (χ1) is 14.5. The van der Waals surface area contributed by atoms with E-state index in [1.165, 1.54) is 116 Å². The first-order valence-corrected chi connectivity index (χ1v) is 14.8. The van der Waals surface area contributed by atoms with E-state index in [9.17, 15) is 0 Å². The molecule has 1 unspecified atom stereocenters. The summed E-state index contributed by atoms with van der Waals surface area (Å²) in [5, 5.41) is 14.8. The highest BCUT2D eigenvalue weighted by atomic mass is 31.1. The van der Waals surface area contributed by atoms with Crippen LogP contribution in [0.4, 0.5) is 0 Å². The Balaban J connectivity index is -0.00000143. The van der Waals surface area contributed by atoms with E-state index in [1.54, 1.807) is 12.3 Å². The highest BCUT2D eigenvalue weighted by Crippen LogP contribution is 2.45. The third-order valence-corrected chi connectivity index (χ3v) is 9.23. The maximum absolute atomic E-state index is 8.25. The van der Waals surface area contributed by atoms with E-state index in [0.717, 1.165) is 5.66 Å². The van der Waals surface area contributed by atoms with Crippen molar-refractivity contribution in [2.24, 2.45) is 0 Å². The average molecular weight is 465 g/mol. The molecule has 190 valence electrons. The van der Waals surface area contributed by atoms with Crippen molar-refractivity contribution in [1.29, 1.82) is 0 Å². The fourth-order valence-electron chi connectivity index (χ4n) is 3.97. The van der Waals surface area contributed by atoms with Crippen LogP contribution in [0.25, 0.3) is 0 Å². The van der Waals surface area contributed by atoms with Crippen LogP contribution in [0.2, 0.25) is 0 Å². The van der Waals surface area contributed by atoms with E-state index in [1.807, 2.05) is 0 Å². The molecule has 1 atom stereocenters. The Hall–Kier alpha value is -0.410. The quantitative estimate of drug-likeness (QED) is 0.0790. The predicted molar refractivity (Wildman–Crippen MR) is 143 cm³/mol. The number of hydrogen-bond donors (Lipinski definition) is 1. The number of nitrogens with zero attached hydrogens (tertiary/aromatic N) is 1. The highest BCUT2D eigenvalue weighted by Gasteiger charge is 2.15. The second-order valence-electron chi connectivity index (χ2n) is 8.85. The van der Waals surface area contributed by atoms with Crippen LogP contribution in [-0.2, 0) is 0 Å². The largest absolute Gasteiger partial charge is 0.369 e. The van der Waals surface area contributed by atoms with Gasteiger partial charge in [0.1, 0.15) is 0 Å². The molecule has 0 aliphatic heterocycles. The molecular weight excluding hydrogens is 407 g/mol. The smallest absolute Gasteiger partial charge is 0.0689 e. The van der Waals surface area contributed by atoms with Crippen LogP contribution in [-0.4, -0.2) is 23.1 Å². The summed E-state index contributed by atoms with van der Waals surface area (Å²) in [5.74, 6) is 0. The van der Waals surface area contributed by atoms with Gasteiger partial charge in [0.2, 0.25) is 0 Å². The van der Waals surface area contributed by atoms with E-state index in [4.69, 9.17) is 15.3 Å². The van der Waals surface area contributed by atoms with Gasteiger partial charge in [-0.25, -0.2) is 0 Å². The Morgan fingerprint density at radius 2 is 0.903 bits per heavy atom. The normalized spacial score (nSPS) is 11.5. The summed E-state index contributed by atoms with van der Waals surface area (Å²) in [5.41, 5.74) is 1.03. The van der Waals surface area contributed by atoms with Crippen LogP contribution in [0.5, 0.6) is 0 Å². The SMILES string of the molecule is CCCCCCCCP(CCCCCCCC)C(C)CCCCCCC.O=[N+]([O-])[O-].[NH4+]. The van der Waals surface area contributed by atoms with Crippen molar-refractivity contribution in [1.82, 2.24) is 6.15 Å². The zero-order valence-corrected chi connectivity index (χ0v) is 22.7. The molecule has 0 aromatic carbocycles. The van der Waals surface area contributed by atoms with Crippen molar-refractivity contribution in [3.8, 4) is 0 Å². The van der Waals surface area contributed by atoms with E-state index < -0.39 is 5.09 Å². The number of hydrogen-bond acceptors (Lipinski definition) is 3. The molecule has 0 aliphatic carbocycles. The van der Waals surface area contributed by atoms with Gasteiger partial charge >= 0.3 is 0 Å². The molecular formula is C25H57N2O3P. The molecule has 0 fully saturated rings. The van der Waals surface area contributed by atoms with Crippen LogP contribution in [0.1, 0.15) is 143 Å². The van der Waals surface area contributed by atoms with Gasteiger partial charge in [0.25, 0.3) is 0 Å². The summed E-state index contributed by atoms with van der Waals surface area (Å²) in [6.07, 6.45) is 29.5. The molecule has 0 bridgehead atoms. The molecule has 0 heterocycles. The lowest BCUT2D eigenvalue weighted by Gasteiger charge is -2.25. The molecule has 0 saturated carbocycles. The van der Waals surface area contributed by atoms with E-state index in [2.05, 4.69) is 27.7 Å². The molecule has 0 aromatic heterocycles. The Morgan fingerprint density at radius 3 is 1.26 bits per heavy atom. The molecule has 5 nitrogen and oxygen atoms in total. The average Bonchev–Trinajstić information content (AvgIpc) is 2.70. The molecule has 6 heteroatoms. The predicted octanol–water partition coefficient (Wildman–Crippen LogP) is 10.1. The Labute approximate surface area is 196 Å². The van der Waals surface area contributed by atoms with Crippen LogP contribution < -0.4 is 6.15 Å². The summed E-state index contributed by atoms with van der Waals surface area (Å²) in [6.45, 7) is 9.56. The first-order valence-electron chi connectivity index (χ1n) is 13.0. The van der Waals surface area contributed by atoms with Crippen LogP contribution in [0, 0.1) is 15.3 Å². The van der Waals surface area contributed by atoms with Gasteiger partial charge < -0.3 is 21.5 Å². The van der Waals surface area contributed by atoms with Crippen LogP contribution in [0.3, 0.4) is 0 Å². The van der Waals surface area contributed by atoms with Gasteiger partial charge in [-0.3, -0.25) is 0 Å². The summed E-state index contributed by atoms with van der Waals surface area (Å²) in [4.78, 5) is 8.25. The van der Waals surface area contributed by atoms with Gasteiger partial charge in [0.15, 0.2) is 0 Å². The zero-order valence-electron chi connectivity index (χ0n) is 21.8. The minimum absolute atomic E-state index is 0. The monoisotopic (exact) mass is 464 g/mol. The van der Waals surface area contributed by atoms with Gasteiger partial charge in [-0.05, 0) is 37.2 Å². The topological polar surface area (TPSA) is 103 Å². The summed E-state index contributed by atoms with van der Waals surface area (Å²) >= 11 is 0. The third-order valence-electron chi connectivity index (χ3n) is 5.95.